The minimum Gasteiger partial charge on any atom is -0.489 e. The Hall–Kier alpha value is -2.85. The molecule has 0 saturated carbocycles. The van der Waals surface area contributed by atoms with Crippen molar-refractivity contribution in [2.75, 3.05) is 0 Å². The van der Waals surface area contributed by atoms with Gasteiger partial charge >= 0.3 is 0 Å². The lowest BCUT2D eigenvalue weighted by Crippen LogP contribution is -1.97. The van der Waals surface area contributed by atoms with Crippen molar-refractivity contribution >= 4 is 27.8 Å². The fourth-order valence-electron chi connectivity index (χ4n) is 2.70. The number of hydrogen-bond acceptors (Lipinski definition) is 3. The number of ketones is 1. The number of carbonyl (C=O) groups is 1. The predicted molar refractivity (Wildman–Crippen MR) is 104 cm³/mol. The van der Waals surface area contributed by atoms with Crippen LogP contribution >= 0.6 is 15.9 Å². The van der Waals surface area contributed by atoms with E-state index in [4.69, 9.17) is 9.47 Å². The monoisotopic (exact) mass is 406 g/mol. The van der Waals surface area contributed by atoms with Gasteiger partial charge in [0.05, 0.1) is 5.56 Å². The zero-order valence-corrected chi connectivity index (χ0v) is 15.4. The molecule has 0 bridgehead atoms. The molecule has 0 aromatic heterocycles. The van der Waals surface area contributed by atoms with Gasteiger partial charge in [-0.15, -0.1) is 0 Å². The molecule has 0 N–H and O–H groups in total. The topological polar surface area (TPSA) is 35.5 Å². The van der Waals surface area contributed by atoms with Gasteiger partial charge in [-0.1, -0.05) is 58.4 Å². The van der Waals surface area contributed by atoms with Crippen LogP contribution in [0.4, 0.5) is 0 Å². The van der Waals surface area contributed by atoms with Gasteiger partial charge in [0.15, 0.2) is 5.76 Å². The number of rotatable bonds is 4. The van der Waals surface area contributed by atoms with E-state index in [-0.39, 0.29) is 5.78 Å². The van der Waals surface area contributed by atoms with E-state index in [2.05, 4.69) is 15.9 Å². The van der Waals surface area contributed by atoms with E-state index in [9.17, 15) is 4.79 Å². The van der Waals surface area contributed by atoms with Crippen molar-refractivity contribution in [1.29, 1.82) is 0 Å². The summed E-state index contributed by atoms with van der Waals surface area (Å²) in [5.41, 5.74) is 2.55. The summed E-state index contributed by atoms with van der Waals surface area (Å²) in [4.78, 5) is 12.5. The summed E-state index contributed by atoms with van der Waals surface area (Å²) < 4.78 is 12.6. The number of carbonyl (C=O) groups excluding carboxylic acids is 1. The largest absolute Gasteiger partial charge is 0.489 e. The average molecular weight is 407 g/mol. The maximum Gasteiger partial charge on any atom is 0.231 e. The predicted octanol–water partition coefficient (Wildman–Crippen LogP) is 5.64. The van der Waals surface area contributed by atoms with Crippen LogP contribution in [0.5, 0.6) is 11.5 Å². The lowest BCUT2D eigenvalue weighted by atomic mass is 10.1. The summed E-state index contributed by atoms with van der Waals surface area (Å²) >= 11 is 3.42. The highest BCUT2D eigenvalue weighted by molar-refractivity contribution is 9.10. The van der Waals surface area contributed by atoms with Gasteiger partial charge in [0, 0.05) is 10.5 Å². The Balaban J connectivity index is 1.50. The third kappa shape index (κ3) is 3.55. The molecule has 0 saturated heterocycles. The second-order valence-electron chi connectivity index (χ2n) is 5.92. The van der Waals surface area contributed by atoms with Crippen LogP contribution in [0.2, 0.25) is 0 Å². The summed E-state index contributed by atoms with van der Waals surface area (Å²) in [6, 6.07) is 22.9. The van der Waals surface area contributed by atoms with Crippen LogP contribution in [0.3, 0.4) is 0 Å². The van der Waals surface area contributed by atoms with Gasteiger partial charge in [0.2, 0.25) is 5.78 Å². The van der Waals surface area contributed by atoms with Crippen LogP contribution in [0.25, 0.3) is 6.08 Å². The molecule has 0 unspecified atom stereocenters. The molecule has 128 valence electrons. The highest BCUT2D eigenvalue weighted by Gasteiger charge is 2.27. The van der Waals surface area contributed by atoms with E-state index in [0.29, 0.717) is 29.4 Å². The maximum absolute atomic E-state index is 12.5. The smallest absolute Gasteiger partial charge is 0.231 e. The molecular weight excluding hydrogens is 392 g/mol. The molecule has 4 heteroatoms. The zero-order valence-electron chi connectivity index (χ0n) is 13.8. The molecule has 3 aromatic rings. The second-order valence-corrected chi connectivity index (χ2v) is 6.84. The first-order valence-electron chi connectivity index (χ1n) is 8.20. The van der Waals surface area contributed by atoms with Crippen molar-refractivity contribution in [2.24, 2.45) is 0 Å². The van der Waals surface area contributed by atoms with E-state index in [1.54, 1.807) is 24.3 Å². The van der Waals surface area contributed by atoms with Crippen molar-refractivity contribution in [1.82, 2.24) is 0 Å². The fourth-order valence-corrected chi connectivity index (χ4v) is 2.97. The molecule has 3 aromatic carbocycles. The van der Waals surface area contributed by atoms with Crippen LogP contribution in [-0.2, 0) is 6.61 Å². The SMILES string of the molecule is O=C1/C(=C/c2ccccc2)Oc2cc(OCc3ccc(Br)cc3)ccc21. The summed E-state index contributed by atoms with van der Waals surface area (Å²) in [5, 5.41) is 0. The Labute approximate surface area is 160 Å². The molecular formula is C22H15BrO3. The summed E-state index contributed by atoms with van der Waals surface area (Å²) in [6.45, 7) is 0.451. The van der Waals surface area contributed by atoms with Crippen molar-refractivity contribution in [3.63, 3.8) is 0 Å². The van der Waals surface area contributed by atoms with Crippen molar-refractivity contribution in [3.05, 3.63) is 99.7 Å². The summed E-state index contributed by atoms with van der Waals surface area (Å²) in [5.74, 6) is 1.42. The number of halogens is 1. The Morgan fingerprint density at radius 2 is 1.73 bits per heavy atom. The Morgan fingerprint density at radius 1 is 0.962 bits per heavy atom. The van der Waals surface area contributed by atoms with Gasteiger partial charge in [0.25, 0.3) is 0 Å². The van der Waals surface area contributed by atoms with Gasteiger partial charge < -0.3 is 9.47 Å². The molecule has 1 aliphatic rings. The van der Waals surface area contributed by atoms with Crippen molar-refractivity contribution in [2.45, 2.75) is 6.61 Å². The molecule has 0 atom stereocenters. The van der Waals surface area contributed by atoms with E-state index in [0.717, 1.165) is 15.6 Å². The molecule has 4 rings (SSSR count). The van der Waals surface area contributed by atoms with Crippen molar-refractivity contribution < 1.29 is 14.3 Å². The second kappa shape index (κ2) is 7.18. The van der Waals surface area contributed by atoms with Crippen LogP contribution in [0, 0.1) is 0 Å². The molecule has 1 aliphatic heterocycles. The van der Waals surface area contributed by atoms with Crippen LogP contribution in [0.1, 0.15) is 21.5 Å². The molecule has 1 heterocycles. The normalized spacial score (nSPS) is 14.2. The molecule has 0 aliphatic carbocycles. The van der Waals surface area contributed by atoms with Gasteiger partial charge in [-0.25, -0.2) is 0 Å². The average Bonchev–Trinajstić information content (AvgIpc) is 2.97. The lowest BCUT2D eigenvalue weighted by Gasteiger charge is -2.07. The molecule has 0 spiro atoms. The van der Waals surface area contributed by atoms with Gasteiger partial charge in [-0.2, -0.15) is 0 Å². The molecule has 26 heavy (non-hydrogen) atoms. The Morgan fingerprint density at radius 3 is 2.50 bits per heavy atom. The van der Waals surface area contributed by atoms with E-state index >= 15 is 0 Å². The minimum absolute atomic E-state index is 0.108. The number of hydrogen-bond donors (Lipinski definition) is 0. The number of ether oxygens (including phenoxy) is 2. The third-order valence-electron chi connectivity index (χ3n) is 4.06. The Kier molecular flexibility index (Phi) is 4.59. The van der Waals surface area contributed by atoms with Gasteiger partial charge in [0.1, 0.15) is 18.1 Å². The number of Topliss-reactive ketones (excluding diaryl/α,β-unsaturated/α-hetero) is 1. The highest BCUT2D eigenvalue weighted by Crippen LogP contribution is 2.35. The first-order chi connectivity index (χ1) is 12.7. The first kappa shape index (κ1) is 16.6. The van der Waals surface area contributed by atoms with Gasteiger partial charge in [-0.3, -0.25) is 4.79 Å². The fraction of sp³-hybridized carbons (Fsp3) is 0.0455. The highest BCUT2D eigenvalue weighted by atomic mass is 79.9. The lowest BCUT2D eigenvalue weighted by molar-refractivity contribution is 0.101. The standard InChI is InChI=1S/C22H15BrO3/c23-17-8-6-16(7-9-17)14-25-18-10-11-19-20(13-18)26-21(22(19)24)12-15-4-2-1-3-5-15/h1-13H,14H2/b21-12-. The quantitative estimate of drug-likeness (QED) is 0.525. The molecule has 0 amide bonds. The van der Waals surface area contributed by atoms with Crippen LogP contribution in [0.15, 0.2) is 83.0 Å². The van der Waals surface area contributed by atoms with E-state index in [1.165, 1.54) is 0 Å². The Bertz CT molecular complexity index is 976. The zero-order chi connectivity index (χ0) is 17.9. The van der Waals surface area contributed by atoms with E-state index < -0.39 is 0 Å². The van der Waals surface area contributed by atoms with Crippen LogP contribution in [-0.4, -0.2) is 5.78 Å². The number of allylic oxidation sites excluding steroid dienone is 1. The molecule has 3 nitrogen and oxygen atoms in total. The van der Waals surface area contributed by atoms with Gasteiger partial charge in [-0.05, 0) is 41.5 Å². The van der Waals surface area contributed by atoms with E-state index in [1.807, 2.05) is 54.6 Å². The summed E-state index contributed by atoms with van der Waals surface area (Å²) in [7, 11) is 0. The number of fused-ring (bicyclic) bond motifs is 1. The summed E-state index contributed by atoms with van der Waals surface area (Å²) in [6.07, 6.45) is 1.75. The minimum atomic E-state index is -0.108. The van der Waals surface area contributed by atoms with Crippen molar-refractivity contribution in [3.8, 4) is 11.5 Å². The maximum atomic E-state index is 12.5. The third-order valence-corrected chi connectivity index (χ3v) is 4.59. The van der Waals surface area contributed by atoms with Crippen LogP contribution < -0.4 is 9.47 Å². The first-order valence-corrected chi connectivity index (χ1v) is 8.99. The molecule has 0 radical (unpaired) electrons. The molecule has 0 fully saturated rings. The number of benzene rings is 3.